The molecule has 0 aliphatic carbocycles. The van der Waals surface area contributed by atoms with Gasteiger partial charge in [-0.05, 0) is 41.7 Å². The molecule has 0 bridgehead atoms. The third-order valence-electron chi connectivity index (χ3n) is 3.80. The predicted molar refractivity (Wildman–Crippen MR) is 77.1 cm³/mol. The standard InChI is InChI=1S/C15H21NO2S/c1-5-18-14(17)6-7-15(4,11(2)3)12-8-13(9-16)19-10-12/h8,10-11H,5-7H2,1-4H3. The van der Waals surface area contributed by atoms with Crippen molar-refractivity contribution in [2.45, 2.75) is 46.0 Å². The van der Waals surface area contributed by atoms with E-state index in [1.54, 1.807) is 0 Å². The summed E-state index contributed by atoms with van der Waals surface area (Å²) in [5.74, 6) is 0.244. The van der Waals surface area contributed by atoms with Crippen LogP contribution in [0.5, 0.6) is 0 Å². The minimum absolute atomic E-state index is 0.0988. The Bertz CT molecular complexity index is 473. The lowest BCUT2D eigenvalue weighted by Crippen LogP contribution is -2.29. The van der Waals surface area contributed by atoms with E-state index in [4.69, 9.17) is 10.00 Å². The molecular weight excluding hydrogens is 258 g/mol. The Kier molecular flexibility index (Phi) is 5.56. The van der Waals surface area contributed by atoms with Crippen LogP contribution in [0.4, 0.5) is 0 Å². The lowest BCUT2D eigenvalue weighted by Gasteiger charge is -2.33. The molecule has 1 aromatic rings. The second-order valence-electron chi connectivity index (χ2n) is 5.19. The van der Waals surface area contributed by atoms with Gasteiger partial charge in [0, 0.05) is 6.42 Å². The van der Waals surface area contributed by atoms with E-state index in [0.29, 0.717) is 18.9 Å². The molecule has 3 nitrogen and oxygen atoms in total. The van der Waals surface area contributed by atoms with E-state index < -0.39 is 0 Å². The van der Waals surface area contributed by atoms with Gasteiger partial charge in [-0.25, -0.2) is 0 Å². The first-order chi connectivity index (χ1) is 8.93. The zero-order chi connectivity index (χ0) is 14.5. The molecule has 0 aliphatic rings. The van der Waals surface area contributed by atoms with Crippen molar-refractivity contribution in [1.82, 2.24) is 0 Å². The summed E-state index contributed by atoms with van der Waals surface area (Å²) in [6, 6.07) is 4.11. The zero-order valence-electron chi connectivity index (χ0n) is 12.0. The Morgan fingerprint density at radius 1 is 1.58 bits per heavy atom. The monoisotopic (exact) mass is 279 g/mol. The van der Waals surface area contributed by atoms with Crippen molar-refractivity contribution < 1.29 is 9.53 Å². The quantitative estimate of drug-likeness (QED) is 0.743. The molecule has 0 spiro atoms. The van der Waals surface area contributed by atoms with Gasteiger partial charge in [-0.3, -0.25) is 4.79 Å². The van der Waals surface area contributed by atoms with Crippen LogP contribution >= 0.6 is 11.3 Å². The highest BCUT2D eigenvalue weighted by Gasteiger charge is 2.32. The Morgan fingerprint density at radius 2 is 2.26 bits per heavy atom. The van der Waals surface area contributed by atoms with Gasteiger partial charge in [-0.1, -0.05) is 20.8 Å². The third-order valence-corrected chi connectivity index (χ3v) is 4.63. The van der Waals surface area contributed by atoms with Gasteiger partial charge >= 0.3 is 5.97 Å². The highest BCUT2D eigenvalue weighted by atomic mass is 32.1. The number of nitrogens with zero attached hydrogens (tertiary/aromatic N) is 1. The smallest absolute Gasteiger partial charge is 0.305 e. The van der Waals surface area contributed by atoms with E-state index in [1.165, 1.54) is 11.3 Å². The van der Waals surface area contributed by atoms with Gasteiger partial charge in [-0.15, -0.1) is 11.3 Å². The fourth-order valence-corrected chi connectivity index (χ4v) is 2.89. The number of hydrogen-bond donors (Lipinski definition) is 0. The summed E-state index contributed by atoms with van der Waals surface area (Å²) in [6.45, 7) is 8.69. The van der Waals surface area contributed by atoms with Crippen LogP contribution in [0.2, 0.25) is 0 Å². The average Bonchev–Trinajstić information content (AvgIpc) is 2.85. The molecule has 1 aromatic heterocycles. The van der Waals surface area contributed by atoms with Gasteiger partial charge in [0.2, 0.25) is 0 Å². The summed E-state index contributed by atoms with van der Waals surface area (Å²) in [7, 11) is 0. The molecule has 0 N–H and O–H groups in total. The van der Waals surface area contributed by atoms with Gasteiger partial charge in [0.05, 0.1) is 6.61 Å². The number of esters is 1. The van der Waals surface area contributed by atoms with E-state index in [9.17, 15) is 4.79 Å². The molecule has 0 saturated heterocycles. The van der Waals surface area contributed by atoms with Gasteiger partial charge in [0.15, 0.2) is 0 Å². The normalized spacial score (nSPS) is 13.9. The molecule has 104 valence electrons. The Morgan fingerprint density at radius 3 is 2.74 bits per heavy atom. The summed E-state index contributed by atoms with van der Waals surface area (Å²) in [5.41, 5.74) is 1.05. The van der Waals surface area contributed by atoms with Crippen molar-refractivity contribution in [2.24, 2.45) is 5.92 Å². The number of thiophene rings is 1. The molecule has 19 heavy (non-hydrogen) atoms. The minimum atomic E-state index is -0.148. The van der Waals surface area contributed by atoms with Crippen molar-refractivity contribution >= 4 is 17.3 Å². The van der Waals surface area contributed by atoms with E-state index >= 15 is 0 Å². The van der Waals surface area contributed by atoms with Crippen LogP contribution in [0.25, 0.3) is 0 Å². The molecule has 0 radical (unpaired) electrons. The Hall–Kier alpha value is -1.34. The Balaban J connectivity index is 2.85. The van der Waals surface area contributed by atoms with Gasteiger partial charge < -0.3 is 4.74 Å². The largest absolute Gasteiger partial charge is 0.466 e. The third kappa shape index (κ3) is 3.81. The van der Waals surface area contributed by atoms with Gasteiger partial charge in [-0.2, -0.15) is 5.26 Å². The maximum atomic E-state index is 11.5. The van der Waals surface area contributed by atoms with Crippen molar-refractivity contribution in [3.63, 3.8) is 0 Å². The molecular formula is C15H21NO2S. The molecule has 0 aliphatic heterocycles. The summed E-state index contributed by atoms with van der Waals surface area (Å²) in [5, 5.41) is 11.0. The predicted octanol–water partition coefficient (Wildman–Crippen LogP) is 3.88. The number of rotatable bonds is 6. The van der Waals surface area contributed by atoms with E-state index in [0.717, 1.165) is 16.9 Å². The molecule has 0 fully saturated rings. The van der Waals surface area contributed by atoms with E-state index in [-0.39, 0.29) is 11.4 Å². The van der Waals surface area contributed by atoms with Crippen molar-refractivity contribution in [3.8, 4) is 6.07 Å². The van der Waals surface area contributed by atoms with Crippen LogP contribution < -0.4 is 0 Å². The van der Waals surface area contributed by atoms with Crippen molar-refractivity contribution in [2.75, 3.05) is 6.61 Å². The van der Waals surface area contributed by atoms with Gasteiger partial charge in [0.25, 0.3) is 0 Å². The summed E-state index contributed by atoms with van der Waals surface area (Å²) in [6.07, 6.45) is 1.16. The summed E-state index contributed by atoms with van der Waals surface area (Å²) < 4.78 is 4.99. The molecule has 0 aromatic carbocycles. The molecule has 1 atom stereocenters. The second kappa shape index (κ2) is 6.72. The summed E-state index contributed by atoms with van der Waals surface area (Å²) in [4.78, 5) is 12.3. The lowest BCUT2D eigenvalue weighted by atomic mass is 9.71. The van der Waals surface area contributed by atoms with Crippen molar-refractivity contribution in [3.05, 3.63) is 21.9 Å². The van der Waals surface area contributed by atoms with Crippen LogP contribution in [0.15, 0.2) is 11.4 Å². The first-order valence-corrected chi connectivity index (χ1v) is 7.46. The number of carbonyl (C=O) groups is 1. The Labute approximate surface area is 119 Å². The number of ether oxygens (including phenoxy) is 1. The molecule has 0 amide bonds. The van der Waals surface area contributed by atoms with Crippen LogP contribution in [0.3, 0.4) is 0 Å². The van der Waals surface area contributed by atoms with E-state index in [1.807, 2.05) is 18.4 Å². The number of carbonyl (C=O) groups excluding carboxylic acids is 1. The molecule has 1 unspecified atom stereocenters. The van der Waals surface area contributed by atoms with Crippen molar-refractivity contribution in [1.29, 1.82) is 5.26 Å². The molecule has 4 heteroatoms. The first kappa shape index (κ1) is 15.7. The van der Waals surface area contributed by atoms with Crippen LogP contribution in [-0.2, 0) is 14.9 Å². The first-order valence-electron chi connectivity index (χ1n) is 6.58. The van der Waals surface area contributed by atoms with Crippen LogP contribution in [-0.4, -0.2) is 12.6 Å². The molecule has 0 saturated carbocycles. The van der Waals surface area contributed by atoms with Crippen LogP contribution in [0.1, 0.15) is 51.0 Å². The average molecular weight is 279 g/mol. The maximum Gasteiger partial charge on any atom is 0.305 e. The van der Waals surface area contributed by atoms with Crippen LogP contribution in [0, 0.1) is 17.2 Å². The highest BCUT2D eigenvalue weighted by Crippen LogP contribution is 2.38. The van der Waals surface area contributed by atoms with E-state index in [2.05, 4.69) is 26.8 Å². The lowest BCUT2D eigenvalue weighted by molar-refractivity contribution is -0.143. The SMILES string of the molecule is CCOC(=O)CCC(C)(c1csc(C#N)c1)C(C)C. The van der Waals surface area contributed by atoms with Gasteiger partial charge in [0.1, 0.15) is 10.9 Å². The topological polar surface area (TPSA) is 50.1 Å². The fourth-order valence-electron chi connectivity index (χ4n) is 2.06. The second-order valence-corrected chi connectivity index (χ2v) is 6.10. The minimum Gasteiger partial charge on any atom is -0.466 e. The molecule has 1 heterocycles. The maximum absolute atomic E-state index is 11.5. The number of hydrogen-bond acceptors (Lipinski definition) is 4. The summed E-state index contributed by atoms with van der Waals surface area (Å²) >= 11 is 1.46. The zero-order valence-corrected chi connectivity index (χ0v) is 12.8. The fraction of sp³-hybridized carbons (Fsp3) is 0.600. The number of nitriles is 1. The molecule has 1 rings (SSSR count). The highest BCUT2D eigenvalue weighted by molar-refractivity contribution is 7.10.